The summed E-state index contributed by atoms with van der Waals surface area (Å²) in [6.45, 7) is 6.30. The highest BCUT2D eigenvalue weighted by molar-refractivity contribution is 5.50. The molecule has 0 unspecified atom stereocenters. The molecule has 0 atom stereocenters. The topological polar surface area (TPSA) is 35.8 Å². The molecule has 0 fully saturated rings. The van der Waals surface area contributed by atoms with Gasteiger partial charge in [-0.2, -0.15) is 5.26 Å². The lowest BCUT2D eigenvalue weighted by Gasteiger charge is -2.33. The van der Waals surface area contributed by atoms with Crippen LogP contribution >= 0.6 is 0 Å². The predicted molar refractivity (Wildman–Crippen MR) is 68.3 cm³/mol. The first kappa shape index (κ1) is 13.5. The zero-order chi connectivity index (χ0) is 12.9. The summed E-state index contributed by atoms with van der Waals surface area (Å²) in [6.07, 6.45) is 2.83. The van der Waals surface area contributed by atoms with Crippen molar-refractivity contribution in [2.24, 2.45) is 0 Å². The van der Waals surface area contributed by atoms with Crippen LogP contribution in [0.4, 0.5) is 10.1 Å². The van der Waals surface area contributed by atoms with Crippen LogP contribution in [0.5, 0.6) is 0 Å². The van der Waals surface area contributed by atoms with Crippen LogP contribution in [0.3, 0.4) is 0 Å². The van der Waals surface area contributed by atoms with Gasteiger partial charge in [0.15, 0.2) is 0 Å². The lowest BCUT2D eigenvalue weighted by Crippen LogP contribution is -2.36. The second-order valence-electron chi connectivity index (χ2n) is 4.27. The average molecular weight is 234 g/mol. The van der Waals surface area contributed by atoms with E-state index < -0.39 is 0 Å². The number of hydrogen-bond donors (Lipinski definition) is 1. The van der Waals surface area contributed by atoms with Gasteiger partial charge in [-0.15, -0.1) is 0 Å². The SMILES string of the molecule is CCC(CC)(CC)Nc1ccc(C#N)cc1F. The fourth-order valence-electron chi connectivity index (χ4n) is 1.99. The summed E-state index contributed by atoms with van der Waals surface area (Å²) in [5.41, 5.74) is 0.771. The van der Waals surface area contributed by atoms with Gasteiger partial charge in [-0.1, -0.05) is 20.8 Å². The van der Waals surface area contributed by atoms with Crippen molar-refractivity contribution in [1.82, 2.24) is 0 Å². The van der Waals surface area contributed by atoms with Crippen molar-refractivity contribution in [2.75, 3.05) is 5.32 Å². The highest BCUT2D eigenvalue weighted by Crippen LogP contribution is 2.27. The number of nitrogens with zero attached hydrogens (tertiary/aromatic N) is 1. The second kappa shape index (κ2) is 5.67. The van der Waals surface area contributed by atoms with Crippen molar-refractivity contribution >= 4 is 5.69 Å². The summed E-state index contributed by atoms with van der Waals surface area (Å²) in [4.78, 5) is 0. The third-order valence-electron chi connectivity index (χ3n) is 3.53. The summed E-state index contributed by atoms with van der Waals surface area (Å²) >= 11 is 0. The van der Waals surface area contributed by atoms with Crippen molar-refractivity contribution in [2.45, 2.75) is 45.6 Å². The van der Waals surface area contributed by atoms with E-state index in [0.29, 0.717) is 11.3 Å². The Hall–Kier alpha value is -1.56. The van der Waals surface area contributed by atoms with Crippen molar-refractivity contribution in [1.29, 1.82) is 5.26 Å². The lowest BCUT2D eigenvalue weighted by molar-refractivity contribution is 0.417. The van der Waals surface area contributed by atoms with E-state index in [0.717, 1.165) is 19.3 Å². The maximum atomic E-state index is 13.8. The first-order valence-corrected chi connectivity index (χ1v) is 6.08. The first-order chi connectivity index (χ1) is 8.10. The molecule has 0 saturated carbocycles. The van der Waals surface area contributed by atoms with E-state index in [-0.39, 0.29) is 11.4 Å². The van der Waals surface area contributed by atoms with Crippen LogP contribution in [0.2, 0.25) is 0 Å². The molecule has 1 rings (SSSR count). The summed E-state index contributed by atoms with van der Waals surface area (Å²) in [5, 5.41) is 12.0. The van der Waals surface area contributed by atoms with Gasteiger partial charge in [-0.05, 0) is 37.5 Å². The first-order valence-electron chi connectivity index (χ1n) is 6.08. The van der Waals surface area contributed by atoms with Gasteiger partial charge in [-0.25, -0.2) is 4.39 Å². The van der Waals surface area contributed by atoms with Gasteiger partial charge in [-0.3, -0.25) is 0 Å². The minimum Gasteiger partial charge on any atom is -0.377 e. The highest BCUT2D eigenvalue weighted by atomic mass is 19.1. The molecule has 0 aliphatic rings. The van der Waals surface area contributed by atoms with E-state index in [4.69, 9.17) is 5.26 Å². The third kappa shape index (κ3) is 2.97. The van der Waals surface area contributed by atoms with Gasteiger partial charge < -0.3 is 5.32 Å². The summed E-state index contributed by atoms with van der Waals surface area (Å²) in [7, 11) is 0. The Balaban J connectivity index is 2.99. The van der Waals surface area contributed by atoms with Gasteiger partial charge in [0.25, 0.3) is 0 Å². The summed E-state index contributed by atoms with van der Waals surface area (Å²) < 4.78 is 13.8. The molecule has 17 heavy (non-hydrogen) atoms. The van der Waals surface area contributed by atoms with Crippen molar-refractivity contribution in [3.63, 3.8) is 0 Å². The van der Waals surface area contributed by atoms with Crippen molar-refractivity contribution in [3.05, 3.63) is 29.6 Å². The van der Waals surface area contributed by atoms with Gasteiger partial charge in [0.1, 0.15) is 5.82 Å². The van der Waals surface area contributed by atoms with Crippen molar-refractivity contribution < 1.29 is 4.39 Å². The van der Waals surface area contributed by atoms with Crippen LogP contribution in [-0.4, -0.2) is 5.54 Å². The van der Waals surface area contributed by atoms with Crippen LogP contribution in [0.25, 0.3) is 0 Å². The van der Waals surface area contributed by atoms with Crippen LogP contribution in [-0.2, 0) is 0 Å². The Kier molecular flexibility index (Phi) is 4.51. The maximum Gasteiger partial charge on any atom is 0.147 e. The molecule has 0 bridgehead atoms. The molecule has 0 aliphatic carbocycles. The highest BCUT2D eigenvalue weighted by Gasteiger charge is 2.24. The molecule has 0 saturated heterocycles. The number of nitriles is 1. The van der Waals surface area contributed by atoms with Crippen LogP contribution in [0.1, 0.15) is 45.6 Å². The number of halogens is 1. The van der Waals surface area contributed by atoms with Crippen LogP contribution < -0.4 is 5.32 Å². The number of nitrogens with one attached hydrogen (secondary N) is 1. The number of hydrogen-bond acceptors (Lipinski definition) is 2. The van der Waals surface area contributed by atoms with Crippen LogP contribution in [0, 0.1) is 17.1 Å². The van der Waals surface area contributed by atoms with Gasteiger partial charge >= 0.3 is 0 Å². The zero-order valence-electron chi connectivity index (χ0n) is 10.7. The molecule has 0 radical (unpaired) electrons. The van der Waals surface area contributed by atoms with Gasteiger partial charge in [0, 0.05) is 5.54 Å². The third-order valence-corrected chi connectivity index (χ3v) is 3.53. The van der Waals surface area contributed by atoms with E-state index in [1.54, 1.807) is 12.1 Å². The number of anilines is 1. The molecule has 92 valence electrons. The molecule has 0 aromatic heterocycles. The minimum atomic E-state index is -0.358. The molecular weight excluding hydrogens is 215 g/mol. The average Bonchev–Trinajstić information content (AvgIpc) is 2.38. The van der Waals surface area contributed by atoms with Crippen molar-refractivity contribution in [3.8, 4) is 6.07 Å². The molecule has 1 aromatic carbocycles. The maximum absolute atomic E-state index is 13.8. The zero-order valence-corrected chi connectivity index (χ0v) is 10.7. The quantitative estimate of drug-likeness (QED) is 0.833. The molecule has 1 aromatic rings. The van der Waals surface area contributed by atoms with E-state index in [1.807, 2.05) is 6.07 Å². The molecule has 0 spiro atoms. The Morgan fingerprint density at radius 2 is 1.82 bits per heavy atom. The smallest absolute Gasteiger partial charge is 0.147 e. The second-order valence-corrected chi connectivity index (χ2v) is 4.27. The standard InChI is InChI=1S/C14H19FN2/c1-4-14(5-2,6-3)17-13-8-7-11(10-16)9-12(13)15/h7-9,17H,4-6H2,1-3H3. The molecule has 1 N–H and O–H groups in total. The molecule has 3 heteroatoms. The predicted octanol–water partition coefficient (Wildman–Crippen LogP) is 4.08. The molecule has 0 heterocycles. The fourth-order valence-corrected chi connectivity index (χ4v) is 1.99. The fraction of sp³-hybridized carbons (Fsp3) is 0.500. The Bertz CT molecular complexity index is 408. The Morgan fingerprint density at radius 3 is 2.24 bits per heavy atom. The monoisotopic (exact) mass is 234 g/mol. The molecule has 0 amide bonds. The summed E-state index contributed by atoms with van der Waals surface area (Å²) in [6, 6.07) is 6.48. The number of rotatable bonds is 5. The van der Waals surface area contributed by atoms with Crippen LogP contribution in [0.15, 0.2) is 18.2 Å². The van der Waals surface area contributed by atoms with Gasteiger partial charge in [0.2, 0.25) is 0 Å². The van der Waals surface area contributed by atoms with E-state index in [2.05, 4.69) is 26.1 Å². The lowest BCUT2D eigenvalue weighted by atomic mass is 9.89. The molecule has 2 nitrogen and oxygen atoms in total. The molecule has 0 aliphatic heterocycles. The van der Waals surface area contributed by atoms with E-state index >= 15 is 0 Å². The summed E-state index contributed by atoms with van der Waals surface area (Å²) in [5.74, 6) is -0.358. The minimum absolute atomic E-state index is 0.0605. The largest absolute Gasteiger partial charge is 0.377 e. The normalized spacial score (nSPS) is 11.0. The van der Waals surface area contributed by atoms with E-state index in [9.17, 15) is 4.39 Å². The van der Waals surface area contributed by atoms with E-state index in [1.165, 1.54) is 6.07 Å². The Morgan fingerprint density at radius 1 is 1.24 bits per heavy atom. The Labute approximate surface area is 102 Å². The number of benzene rings is 1. The molecular formula is C14H19FN2. The van der Waals surface area contributed by atoms with Gasteiger partial charge in [0.05, 0.1) is 17.3 Å².